The first kappa shape index (κ1) is 19.4. The largest absolute Gasteiger partial charge is 0.392 e. The van der Waals surface area contributed by atoms with Gasteiger partial charge in [-0.15, -0.1) is 0 Å². The summed E-state index contributed by atoms with van der Waals surface area (Å²) in [6.07, 6.45) is 1.88. The minimum Gasteiger partial charge on any atom is -0.392 e. The van der Waals surface area contributed by atoms with Gasteiger partial charge in [-0.25, -0.2) is 0 Å². The molecular weight excluding hydrogens is 370 g/mol. The number of piperidine rings is 1. The van der Waals surface area contributed by atoms with Crippen LogP contribution in [0, 0.1) is 40.4 Å². The van der Waals surface area contributed by atoms with Gasteiger partial charge in [-0.2, -0.15) is 0 Å². The summed E-state index contributed by atoms with van der Waals surface area (Å²) in [5.74, 6) is 0.208. The zero-order valence-corrected chi connectivity index (χ0v) is 18.1. The van der Waals surface area contributed by atoms with Gasteiger partial charge in [0.15, 0.2) is 0 Å². The number of rotatable bonds is 3. The first-order chi connectivity index (χ1) is 13.8. The van der Waals surface area contributed by atoms with Gasteiger partial charge >= 0.3 is 0 Å². The van der Waals surface area contributed by atoms with E-state index in [4.69, 9.17) is 9.47 Å². The standard InChI is InChI=1S/C23H37NO5/c1-5-24-10-21(2)7-6-14(25)23-12-8-11-13(28-3)9-22(29-4,15(12)17(11)26)16(20(23)24)18(27)19(21)23/h11-20,25-27H,5-10H2,1-4H3/t11-,12-,13+,14+,15-,16+,17+,18-,19-,20-,21+,22-,23+/m1/s1. The lowest BCUT2D eigenvalue weighted by atomic mass is 9.43. The molecule has 13 atom stereocenters. The maximum absolute atomic E-state index is 11.9. The van der Waals surface area contributed by atoms with Gasteiger partial charge in [0.1, 0.15) is 0 Å². The van der Waals surface area contributed by atoms with Gasteiger partial charge in [-0.05, 0) is 37.1 Å². The summed E-state index contributed by atoms with van der Waals surface area (Å²) in [6, 6.07) is 0.110. The molecule has 7 bridgehead atoms. The van der Waals surface area contributed by atoms with Crippen molar-refractivity contribution in [2.75, 3.05) is 27.3 Å². The van der Waals surface area contributed by atoms with Crippen molar-refractivity contribution in [1.29, 1.82) is 0 Å². The third-order valence-electron chi connectivity index (χ3n) is 11.0. The summed E-state index contributed by atoms with van der Waals surface area (Å²) in [5.41, 5.74) is -0.948. The molecule has 6 fully saturated rings. The van der Waals surface area contributed by atoms with Crippen molar-refractivity contribution in [1.82, 2.24) is 4.90 Å². The number of nitrogens with zero attached hydrogens (tertiary/aromatic N) is 1. The van der Waals surface area contributed by atoms with Crippen LogP contribution in [0.15, 0.2) is 0 Å². The topological polar surface area (TPSA) is 82.4 Å². The van der Waals surface area contributed by atoms with Gasteiger partial charge in [0.25, 0.3) is 0 Å². The summed E-state index contributed by atoms with van der Waals surface area (Å²) in [7, 11) is 3.50. The minimum absolute atomic E-state index is 0.00281. The number of methoxy groups -OCH3 is 2. The highest BCUT2D eigenvalue weighted by atomic mass is 16.5. The second kappa shape index (κ2) is 5.76. The van der Waals surface area contributed by atoms with E-state index in [0.29, 0.717) is 0 Å². The Bertz CT molecular complexity index is 719. The predicted octanol–water partition coefficient (Wildman–Crippen LogP) is 0.876. The molecule has 5 saturated carbocycles. The molecule has 6 heteroatoms. The van der Waals surface area contributed by atoms with E-state index in [1.54, 1.807) is 14.2 Å². The monoisotopic (exact) mass is 407 g/mol. The molecule has 0 radical (unpaired) electrons. The van der Waals surface area contributed by atoms with Crippen molar-refractivity contribution in [3.05, 3.63) is 0 Å². The normalized spacial score (nSPS) is 65.1. The van der Waals surface area contributed by atoms with Gasteiger partial charge < -0.3 is 24.8 Å². The van der Waals surface area contributed by atoms with Crippen LogP contribution in [0.5, 0.6) is 0 Å². The van der Waals surface area contributed by atoms with Crippen LogP contribution in [0.3, 0.4) is 0 Å². The Morgan fingerprint density at radius 1 is 1.10 bits per heavy atom. The number of fused-ring (bicyclic) bond motifs is 2. The summed E-state index contributed by atoms with van der Waals surface area (Å²) < 4.78 is 12.3. The highest BCUT2D eigenvalue weighted by Gasteiger charge is 2.85. The van der Waals surface area contributed by atoms with Crippen molar-refractivity contribution in [2.45, 2.75) is 75.6 Å². The van der Waals surface area contributed by atoms with Crippen LogP contribution in [0.2, 0.25) is 0 Å². The predicted molar refractivity (Wildman–Crippen MR) is 106 cm³/mol. The molecule has 0 aromatic heterocycles. The molecule has 0 aromatic carbocycles. The van der Waals surface area contributed by atoms with Crippen molar-refractivity contribution < 1.29 is 24.8 Å². The number of hydrogen-bond donors (Lipinski definition) is 3. The highest BCUT2D eigenvalue weighted by molar-refractivity contribution is 5.35. The van der Waals surface area contributed by atoms with E-state index in [2.05, 4.69) is 18.7 Å². The third-order valence-corrected chi connectivity index (χ3v) is 11.0. The first-order valence-corrected chi connectivity index (χ1v) is 11.7. The number of aliphatic hydroxyl groups is 3. The molecule has 29 heavy (non-hydrogen) atoms. The fourth-order valence-corrected chi connectivity index (χ4v) is 10.5. The molecule has 6 aliphatic rings. The minimum atomic E-state index is -0.594. The van der Waals surface area contributed by atoms with Crippen molar-refractivity contribution >= 4 is 0 Å². The Balaban J connectivity index is 1.64. The van der Waals surface area contributed by atoms with Crippen LogP contribution in [0.4, 0.5) is 0 Å². The fraction of sp³-hybridized carbons (Fsp3) is 1.00. The molecule has 0 aromatic rings. The number of hydrogen-bond acceptors (Lipinski definition) is 6. The molecule has 1 heterocycles. The lowest BCUT2D eigenvalue weighted by molar-refractivity contribution is -0.273. The van der Waals surface area contributed by atoms with E-state index in [1.165, 1.54) is 0 Å². The summed E-state index contributed by atoms with van der Waals surface area (Å²) >= 11 is 0. The van der Waals surface area contributed by atoms with Crippen molar-refractivity contribution in [3.8, 4) is 0 Å². The first-order valence-electron chi connectivity index (χ1n) is 11.7. The van der Waals surface area contributed by atoms with Gasteiger partial charge in [-0.3, -0.25) is 4.90 Å². The molecule has 1 spiro atoms. The van der Waals surface area contributed by atoms with Crippen LogP contribution in [-0.2, 0) is 9.47 Å². The van der Waals surface area contributed by atoms with Crippen molar-refractivity contribution in [2.24, 2.45) is 40.4 Å². The van der Waals surface area contributed by atoms with Crippen LogP contribution >= 0.6 is 0 Å². The Morgan fingerprint density at radius 2 is 1.86 bits per heavy atom. The zero-order valence-electron chi connectivity index (χ0n) is 18.1. The molecule has 164 valence electrons. The molecule has 3 N–H and O–H groups in total. The van der Waals surface area contributed by atoms with Gasteiger partial charge in [0, 0.05) is 62.3 Å². The second-order valence-electron chi connectivity index (χ2n) is 11.4. The summed E-state index contributed by atoms with van der Waals surface area (Å²) in [5, 5.41) is 35.1. The zero-order chi connectivity index (χ0) is 20.5. The molecule has 6 nitrogen and oxygen atoms in total. The van der Waals surface area contributed by atoms with E-state index in [-0.39, 0.29) is 52.6 Å². The van der Waals surface area contributed by atoms with E-state index in [0.717, 1.165) is 38.8 Å². The maximum Gasteiger partial charge on any atom is 0.0827 e. The van der Waals surface area contributed by atoms with Crippen LogP contribution in [0.1, 0.15) is 39.5 Å². The smallest absolute Gasteiger partial charge is 0.0827 e. The van der Waals surface area contributed by atoms with Gasteiger partial charge in [-0.1, -0.05) is 13.8 Å². The van der Waals surface area contributed by atoms with Crippen LogP contribution in [-0.4, -0.2) is 83.6 Å². The van der Waals surface area contributed by atoms with Crippen molar-refractivity contribution in [3.63, 3.8) is 0 Å². The summed E-state index contributed by atoms with van der Waals surface area (Å²) in [4.78, 5) is 2.55. The average molecular weight is 408 g/mol. The quantitative estimate of drug-likeness (QED) is 0.644. The third kappa shape index (κ3) is 1.81. The Kier molecular flexibility index (Phi) is 3.86. The molecule has 5 aliphatic carbocycles. The molecule has 1 aliphatic heterocycles. The number of ether oxygens (including phenoxy) is 2. The molecule has 0 amide bonds. The average Bonchev–Trinajstić information content (AvgIpc) is 3.09. The Labute approximate surface area is 173 Å². The van der Waals surface area contributed by atoms with Crippen LogP contribution in [0.25, 0.3) is 0 Å². The van der Waals surface area contributed by atoms with E-state index >= 15 is 0 Å². The summed E-state index contributed by atoms with van der Waals surface area (Å²) in [6.45, 7) is 6.45. The van der Waals surface area contributed by atoms with Gasteiger partial charge in [0.05, 0.1) is 30.0 Å². The lowest BCUT2D eigenvalue weighted by Gasteiger charge is -2.68. The van der Waals surface area contributed by atoms with Crippen LogP contribution < -0.4 is 0 Å². The molecule has 0 unspecified atom stereocenters. The molecular formula is C23H37NO5. The van der Waals surface area contributed by atoms with E-state index in [9.17, 15) is 15.3 Å². The fourth-order valence-electron chi connectivity index (χ4n) is 10.5. The van der Waals surface area contributed by atoms with Gasteiger partial charge in [0.2, 0.25) is 0 Å². The highest BCUT2D eigenvalue weighted by Crippen LogP contribution is 2.79. The lowest BCUT2D eigenvalue weighted by Crippen LogP contribution is -2.75. The maximum atomic E-state index is 11.9. The number of aliphatic hydroxyl groups excluding tert-OH is 3. The van der Waals surface area contributed by atoms with E-state index in [1.807, 2.05) is 0 Å². The molecule has 6 rings (SSSR count). The Morgan fingerprint density at radius 3 is 2.52 bits per heavy atom. The molecule has 1 saturated heterocycles. The number of likely N-dealkylation sites (tertiary alicyclic amines) is 1. The Hall–Kier alpha value is -0.240. The second-order valence-corrected chi connectivity index (χ2v) is 11.4. The SMILES string of the molecule is CCN1C[C@]2(C)CC[C@H](O)[C@@]34[C@@H]5C[C@H]6[C@H](O)[C@@H]5[C@](OC)(C[C@@H]6OC)[C@@H]([C@@H](O)[C@H]23)[C@@H]14. The van der Waals surface area contributed by atoms with E-state index < -0.39 is 23.9 Å².